The molecule has 0 unspecified atom stereocenters. The van der Waals surface area contributed by atoms with Gasteiger partial charge in [-0.3, -0.25) is 4.28 Å². The zero-order chi connectivity index (χ0) is 19.8. The summed E-state index contributed by atoms with van der Waals surface area (Å²) < 4.78 is 31.7. The van der Waals surface area contributed by atoms with Crippen molar-refractivity contribution >= 4 is 10.1 Å². The molecule has 0 aliphatic rings. The number of aromatic hydroxyl groups is 2. The summed E-state index contributed by atoms with van der Waals surface area (Å²) in [5.74, 6) is -0.845. The predicted octanol–water partition coefficient (Wildman–Crippen LogP) is 4.09. The molecule has 0 fully saturated rings. The zero-order valence-corrected chi connectivity index (χ0v) is 16.8. The Morgan fingerprint density at radius 1 is 0.846 bits per heavy atom. The smallest absolute Gasteiger partial charge is 0.357 e. The number of nitrogens with zero attached hydrogens (tertiary/aromatic N) is 1. The third-order valence-corrected chi connectivity index (χ3v) is 5.62. The second-order valence-electron chi connectivity index (χ2n) is 7.37. The van der Waals surface area contributed by atoms with E-state index in [-0.39, 0.29) is 22.6 Å². The van der Waals surface area contributed by atoms with Gasteiger partial charge in [0.15, 0.2) is 0 Å². The monoisotopic (exact) mass is 381 g/mol. The van der Waals surface area contributed by atoms with Crippen molar-refractivity contribution in [3.63, 3.8) is 0 Å². The van der Waals surface area contributed by atoms with Crippen molar-refractivity contribution in [1.82, 2.24) is 4.73 Å². The van der Waals surface area contributed by atoms with Gasteiger partial charge in [0.05, 0.1) is 0 Å². The molecule has 2 aromatic rings. The van der Waals surface area contributed by atoms with Crippen LogP contribution in [0.25, 0.3) is 0 Å². The highest BCUT2D eigenvalue weighted by Crippen LogP contribution is 2.36. The Kier molecular flexibility index (Phi) is 5.61. The van der Waals surface area contributed by atoms with Crippen LogP contribution in [0.5, 0.6) is 11.8 Å². The molecule has 0 atom stereocenters. The Labute approximate surface area is 155 Å². The van der Waals surface area contributed by atoms with Crippen LogP contribution in [0, 0.1) is 0 Å². The van der Waals surface area contributed by atoms with E-state index in [4.69, 9.17) is 4.28 Å². The molecule has 6 nitrogen and oxygen atoms in total. The molecule has 26 heavy (non-hydrogen) atoms. The Morgan fingerprint density at radius 3 is 1.62 bits per heavy atom. The topological polar surface area (TPSA) is 88.8 Å². The van der Waals surface area contributed by atoms with E-state index in [2.05, 4.69) is 13.8 Å². The lowest BCUT2D eigenvalue weighted by Gasteiger charge is -2.22. The average Bonchev–Trinajstić information content (AvgIpc) is 2.84. The van der Waals surface area contributed by atoms with Gasteiger partial charge in [-0.25, -0.2) is 0 Å². The first-order chi connectivity index (χ1) is 12.0. The molecule has 1 aromatic heterocycles. The van der Waals surface area contributed by atoms with E-state index in [0.717, 1.165) is 17.7 Å². The van der Waals surface area contributed by atoms with Gasteiger partial charge in [0.2, 0.25) is 11.8 Å². The van der Waals surface area contributed by atoms with Gasteiger partial charge in [0.1, 0.15) is 4.90 Å². The number of hydrogen-bond acceptors (Lipinski definition) is 5. The fourth-order valence-corrected chi connectivity index (χ4v) is 4.38. The maximum Gasteiger partial charge on any atom is 0.357 e. The van der Waals surface area contributed by atoms with Crippen molar-refractivity contribution in [3.05, 3.63) is 41.0 Å². The molecule has 1 heterocycles. The van der Waals surface area contributed by atoms with Crippen LogP contribution in [0.15, 0.2) is 29.2 Å². The Bertz CT molecular complexity index is 846. The predicted molar refractivity (Wildman–Crippen MR) is 100 cm³/mol. The number of benzene rings is 1. The summed E-state index contributed by atoms with van der Waals surface area (Å²) in [5.41, 5.74) is 2.38. The molecule has 0 amide bonds. The van der Waals surface area contributed by atoms with Crippen LogP contribution in [-0.4, -0.2) is 23.4 Å². The molecule has 0 bridgehead atoms. The highest BCUT2D eigenvalue weighted by atomic mass is 32.2. The molecule has 144 valence electrons. The van der Waals surface area contributed by atoms with Crippen molar-refractivity contribution in [3.8, 4) is 11.8 Å². The van der Waals surface area contributed by atoms with Crippen LogP contribution >= 0.6 is 0 Å². The number of hydrogen-bond donors (Lipinski definition) is 2. The van der Waals surface area contributed by atoms with Gasteiger partial charge in [-0.2, -0.15) is 8.42 Å². The summed E-state index contributed by atoms with van der Waals surface area (Å²) in [5, 5.41) is 19.5. The van der Waals surface area contributed by atoms with Gasteiger partial charge in [0, 0.05) is 12.1 Å². The van der Waals surface area contributed by atoms with Crippen molar-refractivity contribution in [2.45, 2.75) is 64.2 Å². The fraction of sp³-hybridized carbons (Fsp3) is 0.474. The quantitative estimate of drug-likeness (QED) is 0.787. The van der Waals surface area contributed by atoms with Crippen molar-refractivity contribution in [2.24, 2.45) is 0 Å². The lowest BCUT2D eigenvalue weighted by Crippen LogP contribution is -2.23. The minimum absolute atomic E-state index is 0.0496. The molecule has 0 saturated carbocycles. The Hall–Kier alpha value is -2.15. The average molecular weight is 381 g/mol. The van der Waals surface area contributed by atoms with Crippen LogP contribution < -0.4 is 4.28 Å². The summed E-state index contributed by atoms with van der Waals surface area (Å²) in [4.78, 5) is 0.0967. The molecule has 2 rings (SSSR count). The molecule has 0 spiro atoms. The molecular formula is C19H27NO5S. The molecule has 2 N–H and O–H groups in total. The van der Waals surface area contributed by atoms with Crippen LogP contribution in [0.4, 0.5) is 0 Å². The maximum atomic E-state index is 13.1. The molecule has 0 saturated heterocycles. The summed E-state index contributed by atoms with van der Waals surface area (Å²) in [6.07, 6.45) is 0. The minimum Gasteiger partial charge on any atom is -0.492 e. The highest BCUT2D eigenvalue weighted by molar-refractivity contribution is 7.87. The standard InChI is InChI=1S/C19H27NO5S/c1-11(2)14-9-15(12(3)4)19(16(10-14)13(5)6)26(23,24)25-20-17(21)7-8-18(20)22/h7-13,21-22H,1-6H3. The third kappa shape index (κ3) is 3.82. The minimum atomic E-state index is -4.28. The van der Waals surface area contributed by atoms with E-state index in [1.54, 1.807) is 0 Å². The highest BCUT2D eigenvalue weighted by Gasteiger charge is 2.30. The SMILES string of the molecule is CC(C)c1cc(C(C)C)c(S(=O)(=O)On2c(O)ccc2O)c(C(C)C)c1. The molecular weight excluding hydrogens is 354 g/mol. The first kappa shape index (κ1) is 20.2. The van der Waals surface area contributed by atoms with E-state index in [1.165, 1.54) is 0 Å². The van der Waals surface area contributed by atoms with Gasteiger partial charge in [-0.05, 0) is 34.4 Å². The fourth-order valence-electron chi connectivity index (χ4n) is 2.79. The van der Waals surface area contributed by atoms with Crippen LogP contribution in [-0.2, 0) is 10.1 Å². The Balaban J connectivity index is 2.73. The van der Waals surface area contributed by atoms with Crippen LogP contribution in [0.1, 0.15) is 76.0 Å². The van der Waals surface area contributed by atoms with Gasteiger partial charge < -0.3 is 10.2 Å². The molecule has 0 aliphatic heterocycles. The number of rotatable bonds is 6. The Morgan fingerprint density at radius 2 is 1.27 bits per heavy atom. The van der Waals surface area contributed by atoms with Crippen molar-refractivity contribution < 1.29 is 22.9 Å². The molecule has 0 radical (unpaired) electrons. The maximum absolute atomic E-state index is 13.1. The summed E-state index contributed by atoms with van der Waals surface area (Å²) in [7, 11) is -4.28. The summed E-state index contributed by atoms with van der Waals surface area (Å²) in [6, 6.07) is 6.10. The summed E-state index contributed by atoms with van der Waals surface area (Å²) >= 11 is 0. The zero-order valence-electron chi connectivity index (χ0n) is 16.0. The van der Waals surface area contributed by atoms with Crippen LogP contribution in [0.2, 0.25) is 0 Å². The van der Waals surface area contributed by atoms with E-state index in [1.807, 2.05) is 39.8 Å². The van der Waals surface area contributed by atoms with Crippen LogP contribution in [0.3, 0.4) is 0 Å². The summed E-state index contributed by atoms with van der Waals surface area (Å²) in [6.45, 7) is 11.8. The lowest BCUT2D eigenvalue weighted by atomic mass is 9.89. The van der Waals surface area contributed by atoms with Gasteiger partial charge >= 0.3 is 10.1 Å². The number of aromatic nitrogens is 1. The second-order valence-corrected chi connectivity index (χ2v) is 8.83. The molecule has 1 aromatic carbocycles. The third-order valence-electron chi connectivity index (χ3n) is 4.30. The molecule has 0 aliphatic carbocycles. The van der Waals surface area contributed by atoms with E-state index < -0.39 is 21.9 Å². The molecule has 7 heteroatoms. The van der Waals surface area contributed by atoms with E-state index in [9.17, 15) is 18.6 Å². The second kappa shape index (κ2) is 7.23. The van der Waals surface area contributed by atoms with Gasteiger partial charge in [0.25, 0.3) is 0 Å². The van der Waals surface area contributed by atoms with Crippen molar-refractivity contribution in [2.75, 3.05) is 0 Å². The van der Waals surface area contributed by atoms with Crippen molar-refractivity contribution in [1.29, 1.82) is 0 Å². The van der Waals surface area contributed by atoms with Gasteiger partial charge in [-0.15, -0.1) is 0 Å². The van der Waals surface area contributed by atoms with Gasteiger partial charge in [-0.1, -0.05) is 58.4 Å². The largest absolute Gasteiger partial charge is 0.492 e. The lowest BCUT2D eigenvalue weighted by molar-refractivity contribution is 0.203. The normalized spacial score (nSPS) is 12.3. The van der Waals surface area contributed by atoms with E-state index >= 15 is 0 Å². The first-order valence-corrected chi connectivity index (χ1v) is 10.1. The first-order valence-electron chi connectivity index (χ1n) is 8.68. The van der Waals surface area contributed by atoms with E-state index in [0.29, 0.717) is 15.9 Å².